The predicted molar refractivity (Wildman–Crippen MR) is 137 cm³/mol. The van der Waals surface area contributed by atoms with Crippen LogP contribution in [0.1, 0.15) is 11.1 Å². The van der Waals surface area contributed by atoms with Crippen molar-refractivity contribution < 1.29 is 23.4 Å². The van der Waals surface area contributed by atoms with Crippen molar-refractivity contribution in [1.82, 2.24) is 0 Å². The van der Waals surface area contributed by atoms with E-state index in [-0.39, 0.29) is 11.7 Å². The molecule has 5 nitrogen and oxygen atoms in total. The molecule has 4 rings (SSSR count). The number of hydrogen-bond donors (Lipinski definition) is 0. The van der Waals surface area contributed by atoms with Crippen LogP contribution in [0.5, 0.6) is 17.2 Å². The minimum Gasteiger partial charge on any atom is -0.493 e. The molecule has 1 aliphatic rings. The molecule has 0 saturated carbocycles. The van der Waals surface area contributed by atoms with Gasteiger partial charge in [-0.15, -0.1) is 0 Å². The zero-order chi connectivity index (χ0) is 24.1. The molecule has 1 amide bonds. The number of methoxy groups -OCH3 is 1. The molecule has 0 atom stereocenters. The van der Waals surface area contributed by atoms with Crippen LogP contribution in [0.4, 0.5) is 10.1 Å². The maximum atomic E-state index is 13.2. The number of ether oxygens (including phenoxy) is 3. The SMILES string of the molecule is COc1cc(/C=C2\SC(=S)N(c3ccc(F)cc3)C2=O)ccc1OCCOc1cccc(C)c1. The molecular formula is C26H22FNO4S2. The third-order valence-corrected chi connectivity index (χ3v) is 6.27. The maximum Gasteiger partial charge on any atom is 0.270 e. The molecule has 8 heteroatoms. The largest absolute Gasteiger partial charge is 0.493 e. The van der Waals surface area contributed by atoms with Crippen LogP contribution in [-0.2, 0) is 4.79 Å². The zero-order valence-corrected chi connectivity index (χ0v) is 20.3. The van der Waals surface area contributed by atoms with E-state index in [1.165, 1.54) is 40.9 Å². The second-order valence-electron chi connectivity index (χ2n) is 7.42. The number of hydrogen-bond acceptors (Lipinski definition) is 6. The predicted octanol–water partition coefficient (Wildman–Crippen LogP) is 6.01. The van der Waals surface area contributed by atoms with Gasteiger partial charge in [0.15, 0.2) is 15.8 Å². The molecule has 174 valence electrons. The van der Waals surface area contributed by atoms with Gasteiger partial charge in [0.2, 0.25) is 0 Å². The van der Waals surface area contributed by atoms with Gasteiger partial charge in [-0.05, 0) is 72.7 Å². The Morgan fingerprint density at radius 2 is 1.76 bits per heavy atom. The van der Waals surface area contributed by atoms with Gasteiger partial charge in [0.1, 0.15) is 24.8 Å². The summed E-state index contributed by atoms with van der Waals surface area (Å²) >= 11 is 6.57. The Morgan fingerprint density at radius 3 is 2.50 bits per heavy atom. The highest BCUT2D eigenvalue weighted by Crippen LogP contribution is 2.37. The Morgan fingerprint density at radius 1 is 1.00 bits per heavy atom. The quantitative estimate of drug-likeness (QED) is 0.217. The first kappa shape index (κ1) is 23.8. The number of rotatable bonds is 8. The van der Waals surface area contributed by atoms with Crippen LogP contribution in [0.25, 0.3) is 6.08 Å². The van der Waals surface area contributed by atoms with Gasteiger partial charge < -0.3 is 14.2 Å². The van der Waals surface area contributed by atoms with E-state index in [4.69, 9.17) is 26.4 Å². The molecule has 34 heavy (non-hydrogen) atoms. The topological polar surface area (TPSA) is 48.0 Å². The summed E-state index contributed by atoms with van der Waals surface area (Å²) in [5, 5.41) is 0. The van der Waals surface area contributed by atoms with Crippen molar-refractivity contribution in [3.05, 3.63) is 88.6 Å². The number of anilines is 1. The third-order valence-electron chi connectivity index (χ3n) is 4.96. The molecule has 0 spiro atoms. The molecule has 1 heterocycles. The van der Waals surface area contributed by atoms with E-state index < -0.39 is 0 Å². The fraction of sp³-hybridized carbons (Fsp3) is 0.154. The highest BCUT2D eigenvalue weighted by molar-refractivity contribution is 8.27. The highest BCUT2D eigenvalue weighted by Gasteiger charge is 2.33. The zero-order valence-electron chi connectivity index (χ0n) is 18.6. The van der Waals surface area contributed by atoms with Crippen molar-refractivity contribution in [3.63, 3.8) is 0 Å². The second kappa shape index (κ2) is 10.7. The highest BCUT2D eigenvalue weighted by atomic mass is 32.2. The first-order valence-electron chi connectivity index (χ1n) is 10.5. The lowest BCUT2D eigenvalue weighted by Gasteiger charge is -2.14. The van der Waals surface area contributed by atoms with Gasteiger partial charge >= 0.3 is 0 Å². The lowest BCUT2D eigenvalue weighted by Crippen LogP contribution is -2.27. The Hall–Kier alpha value is -3.36. The van der Waals surface area contributed by atoms with Gasteiger partial charge in [-0.3, -0.25) is 9.69 Å². The van der Waals surface area contributed by atoms with Crippen LogP contribution < -0.4 is 19.1 Å². The molecular weight excluding hydrogens is 473 g/mol. The van der Waals surface area contributed by atoms with Crippen molar-refractivity contribution in [1.29, 1.82) is 0 Å². The molecule has 0 aromatic heterocycles. The number of thioether (sulfide) groups is 1. The number of carbonyl (C=O) groups is 1. The van der Waals surface area contributed by atoms with Crippen LogP contribution >= 0.6 is 24.0 Å². The van der Waals surface area contributed by atoms with Crippen molar-refractivity contribution in [2.75, 3.05) is 25.2 Å². The summed E-state index contributed by atoms with van der Waals surface area (Å²) in [6.45, 7) is 2.75. The minimum atomic E-state index is -0.374. The molecule has 0 aliphatic carbocycles. The summed E-state index contributed by atoms with van der Waals surface area (Å²) < 4.78 is 30.7. The summed E-state index contributed by atoms with van der Waals surface area (Å²) in [7, 11) is 1.56. The molecule has 1 saturated heterocycles. The van der Waals surface area contributed by atoms with Crippen molar-refractivity contribution in [2.24, 2.45) is 0 Å². The average molecular weight is 496 g/mol. The molecule has 1 aliphatic heterocycles. The fourth-order valence-corrected chi connectivity index (χ4v) is 4.64. The monoisotopic (exact) mass is 495 g/mol. The second-order valence-corrected chi connectivity index (χ2v) is 9.09. The van der Waals surface area contributed by atoms with E-state index in [1.54, 1.807) is 25.3 Å². The first-order valence-corrected chi connectivity index (χ1v) is 11.7. The Balaban J connectivity index is 1.42. The number of benzene rings is 3. The number of aryl methyl sites for hydroxylation is 1. The van der Waals surface area contributed by atoms with Gasteiger partial charge in [0, 0.05) is 0 Å². The molecule has 3 aromatic carbocycles. The summed E-state index contributed by atoms with van der Waals surface area (Å²) in [5.74, 6) is 1.28. The van der Waals surface area contributed by atoms with E-state index >= 15 is 0 Å². The number of carbonyl (C=O) groups excluding carboxylic acids is 1. The average Bonchev–Trinajstić information content (AvgIpc) is 3.10. The molecule has 0 N–H and O–H groups in total. The van der Waals surface area contributed by atoms with Crippen LogP contribution in [0.15, 0.2) is 71.6 Å². The number of nitrogens with zero attached hydrogens (tertiary/aromatic N) is 1. The Bertz CT molecular complexity index is 1240. The lowest BCUT2D eigenvalue weighted by molar-refractivity contribution is -0.113. The first-order chi connectivity index (χ1) is 16.4. The van der Waals surface area contributed by atoms with Crippen LogP contribution in [0.2, 0.25) is 0 Å². The van der Waals surface area contributed by atoms with E-state index in [9.17, 15) is 9.18 Å². The van der Waals surface area contributed by atoms with Gasteiger partial charge in [-0.25, -0.2) is 4.39 Å². The summed E-state index contributed by atoms with van der Waals surface area (Å²) in [5.41, 5.74) is 2.42. The van der Waals surface area contributed by atoms with E-state index in [0.29, 0.717) is 39.6 Å². The maximum absolute atomic E-state index is 13.2. The van der Waals surface area contributed by atoms with Gasteiger partial charge in [0.25, 0.3) is 5.91 Å². The van der Waals surface area contributed by atoms with Gasteiger partial charge in [0.05, 0.1) is 17.7 Å². The lowest BCUT2D eigenvalue weighted by atomic mass is 10.2. The van der Waals surface area contributed by atoms with Gasteiger partial charge in [-0.1, -0.05) is 42.2 Å². The number of halogens is 1. The molecule has 1 fully saturated rings. The Labute approximate surface area is 207 Å². The van der Waals surface area contributed by atoms with Gasteiger partial charge in [-0.2, -0.15) is 0 Å². The minimum absolute atomic E-state index is 0.255. The molecule has 0 radical (unpaired) electrons. The fourth-order valence-electron chi connectivity index (χ4n) is 3.34. The van der Waals surface area contributed by atoms with E-state index in [2.05, 4.69) is 0 Å². The summed E-state index contributed by atoms with van der Waals surface area (Å²) in [6.07, 6.45) is 1.75. The van der Waals surface area contributed by atoms with Crippen molar-refractivity contribution >= 4 is 46.0 Å². The third kappa shape index (κ3) is 5.58. The Kier molecular flexibility index (Phi) is 7.49. The van der Waals surface area contributed by atoms with Crippen molar-refractivity contribution in [2.45, 2.75) is 6.92 Å². The standard InChI is InChI=1S/C26H22FNO4S2/c1-17-4-3-5-21(14-17)31-12-13-32-22-11-6-18(15-23(22)30-2)16-24-25(29)28(26(33)34-24)20-9-7-19(27)8-10-20/h3-11,14-16H,12-13H2,1-2H3/b24-16-. The van der Waals surface area contributed by atoms with Crippen LogP contribution in [0, 0.1) is 12.7 Å². The number of amides is 1. The van der Waals surface area contributed by atoms with Crippen LogP contribution in [-0.4, -0.2) is 30.6 Å². The summed E-state index contributed by atoms with van der Waals surface area (Å²) in [4.78, 5) is 14.8. The van der Waals surface area contributed by atoms with E-state index in [1.807, 2.05) is 37.3 Å². The summed E-state index contributed by atoms with van der Waals surface area (Å²) in [6, 6.07) is 18.9. The smallest absolute Gasteiger partial charge is 0.270 e. The molecule has 0 bridgehead atoms. The van der Waals surface area contributed by atoms with Crippen molar-refractivity contribution in [3.8, 4) is 17.2 Å². The number of thiocarbonyl (C=S) groups is 1. The molecule has 0 unspecified atom stereocenters. The molecule has 3 aromatic rings. The van der Waals surface area contributed by atoms with E-state index in [0.717, 1.165) is 16.9 Å². The normalized spacial score (nSPS) is 14.6. The van der Waals surface area contributed by atoms with Crippen LogP contribution in [0.3, 0.4) is 0 Å².